The number of rotatable bonds is 2. The smallest absolute Gasteiger partial charge is 0.123 e. The predicted molar refractivity (Wildman–Crippen MR) is 58.2 cm³/mol. The van der Waals surface area contributed by atoms with Crippen LogP contribution in [-0.4, -0.2) is 16.0 Å². The topological polar surface area (TPSA) is 40.7 Å². The molecule has 1 aliphatic carbocycles. The molecule has 0 saturated heterocycles. The number of nitrogens with zero attached hydrogens (tertiary/aromatic N) is 1. The molecule has 0 spiro atoms. The zero-order valence-corrected chi connectivity index (χ0v) is 8.96. The van der Waals surface area contributed by atoms with Crippen molar-refractivity contribution in [2.45, 2.75) is 39.2 Å². The van der Waals surface area contributed by atoms with E-state index in [-0.39, 0.29) is 0 Å². The van der Waals surface area contributed by atoms with Crippen molar-refractivity contribution in [3.63, 3.8) is 0 Å². The standard InChI is InChI=1S/C11H19N3/c1-8-4-3-5-10(9(8)2)14-11-6-12-7-13-11/h6-10,14H,3-5H2,1-2H3,(H,12,13)/t8-,9+,10+/m1/s1. The van der Waals surface area contributed by atoms with Crippen molar-refractivity contribution in [3.8, 4) is 0 Å². The number of hydrogen-bond acceptors (Lipinski definition) is 2. The molecule has 0 radical (unpaired) electrons. The molecule has 78 valence electrons. The van der Waals surface area contributed by atoms with Gasteiger partial charge < -0.3 is 10.3 Å². The number of nitrogens with one attached hydrogen (secondary N) is 2. The second-order valence-corrected chi connectivity index (χ2v) is 4.48. The lowest BCUT2D eigenvalue weighted by Gasteiger charge is -2.34. The van der Waals surface area contributed by atoms with Gasteiger partial charge in [0, 0.05) is 6.04 Å². The van der Waals surface area contributed by atoms with Crippen LogP contribution in [0.15, 0.2) is 12.5 Å². The Balaban J connectivity index is 1.97. The summed E-state index contributed by atoms with van der Waals surface area (Å²) >= 11 is 0. The minimum absolute atomic E-state index is 0.610. The molecule has 0 unspecified atom stereocenters. The van der Waals surface area contributed by atoms with Gasteiger partial charge in [0.25, 0.3) is 0 Å². The second-order valence-electron chi connectivity index (χ2n) is 4.48. The van der Waals surface area contributed by atoms with Crippen molar-refractivity contribution in [3.05, 3.63) is 12.5 Å². The van der Waals surface area contributed by atoms with Crippen LogP contribution >= 0.6 is 0 Å². The van der Waals surface area contributed by atoms with Gasteiger partial charge in [-0.3, -0.25) is 0 Å². The SMILES string of the molecule is C[C@H]1[C@H](C)CCC[C@@H]1Nc1cnc[nH]1. The van der Waals surface area contributed by atoms with Crippen LogP contribution in [0.1, 0.15) is 33.1 Å². The van der Waals surface area contributed by atoms with E-state index in [1.54, 1.807) is 6.33 Å². The van der Waals surface area contributed by atoms with Crippen molar-refractivity contribution in [2.75, 3.05) is 5.32 Å². The minimum atomic E-state index is 0.610. The number of anilines is 1. The van der Waals surface area contributed by atoms with Gasteiger partial charge in [0.2, 0.25) is 0 Å². The van der Waals surface area contributed by atoms with Crippen LogP contribution in [0.2, 0.25) is 0 Å². The molecule has 1 aromatic rings. The number of aromatic amines is 1. The Morgan fingerprint density at radius 3 is 3.00 bits per heavy atom. The maximum atomic E-state index is 4.01. The third-order valence-electron chi connectivity index (χ3n) is 3.55. The van der Waals surface area contributed by atoms with Crippen LogP contribution in [0.5, 0.6) is 0 Å². The molecule has 0 aromatic carbocycles. The van der Waals surface area contributed by atoms with Gasteiger partial charge in [0.1, 0.15) is 5.82 Å². The molecule has 0 amide bonds. The van der Waals surface area contributed by atoms with Crippen molar-refractivity contribution >= 4 is 5.82 Å². The molecular formula is C11H19N3. The van der Waals surface area contributed by atoms with Crippen molar-refractivity contribution < 1.29 is 0 Å². The molecule has 14 heavy (non-hydrogen) atoms. The average molecular weight is 193 g/mol. The van der Waals surface area contributed by atoms with Gasteiger partial charge in [-0.25, -0.2) is 4.98 Å². The summed E-state index contributed by atoms with van der Waals surface area (Å²) < 4.78 is 0. The fraction of sp³-hybridized carbons (Fsp3) is 0.727. The average Bonchev–Trinajstić information content (AvgIpc) is 2.66. The van der Waals surface area contributed by atoms with Gasteiger partial charge in [-0.05, 0) is 18.3 Å². The van der Waals surface area contributed by atoms with E-state index in [4.69, 9.17) is 0 Å². The Morgan fingerprint density at radius 2 is 2.29 bits per heavy atom. The summed E-state index contributed by atoms with van der Waals surface area (Å²) in [4.78, 5) is 7.11. The van der Waals surface area contributed by atoms with E-state index in [2.05, 4.69) is 29.1 Å². The van der Waals surface area contributed by atoms with E-state index in [0.717, 1.165) is 17.7 Å². The maximum absolute atomic E-state index is 4.01. The highest BCUT2D eigenvalue weighted by Gasteiger charge is 2.26. The molecule has 2 rings (SSSR count). The van der Waals surface area contributed by atoms with Gasteiger partial charge in [0.15, 0.2) is 0 Å². The molecule has 0 bridgehead atoms. The van der Waals surface area contributed by atoms with Gasteiger partial charge in [0.05, 0.1) is 12.5 Å². The molecule has 3 heteroatoms. The van der Waals surface area contributed by atoms with E-state index in [1.807, 2.05) is 6.20 Å². The highest BCUT2D eigenvalue weighted by molar-refractivity contribution is 5.32. The molecule has 1 heterocycles. The van der Waals surface area contributed by atoms with Crippen LogP contribution in [-0.2, 0) is 0 Å². The summed E-state index contributed by atoms with van der Waals surface area (Å²) in [7, 11) is 0. The summed E-state index contributed by atoms with van der Waals surface area (Å²) in [5.41, 5.74) is 0. The number of hydrogen-bond donors (Lipinski definition) is 2. The van der Waals surface area contributed by atoms with E-state index < -0.39 is 0 Å². The number of imidazole rings is 1. The summed E-state index contributed by atoms with van der Waals surface area (Å²) in [5.74, 6) is 2.65. The van der Waals surface area contributed by atoms with Crippen LogP contribution < -0.4 is 5.32 Å². The summed E-state index contributed by atoms with van der Waals surface area (Å²) in [6.45, 7) is 4.70. The summed E-state index contributed by atoms with van der Waals surface area (Å²) in [6, 6.07) is 0.610. The molecule has 1 fully saturated rings. The lowest BCUT2D eigenvalue weighted by molar-refractivity contribution is 0.253. The lowest BCUT2D eigenvalue weighted by atomic mass is 9.78. The molecule has 3 atom stereocenters. The summed E-state index contributed by atoms with van der Waals surface area (Å²) in [6.07, 6.45) is 7.58. The lowest BCUT2D eigenvalue weighted by Crippen LogP contribution is -2.35. The highest BCUT2D eigenvalue weighted by Crippen LogP contribution is 2.31. The molecule has 1 saturated carbocycles. The third kappa shape index (κ3) is 1.91. The van der Waals surface area contributed by atoms with Crippen molar-refractivity contribution in [2.24, 2.45) is 11.8 Å². The van der Waals surface area contributed by atoms with Gasteiger partial charge in [-0.1, -0.05) is 26.7 Å². The van der Waals surface area contributed by atoms with Crippen molar-refractivity contribution in [1.82, 2.24) is 9.97 Å². The molecule has 1 aliphatic rings. The molecule has 3 nitrogen and oxygen atoms in total. The first-order valence-corrected chi connectivity index (χ1v) is 5.52. The van der Waals surface area contributed by atoms with Crippen LogP contribution in [0.4, 0.5) is 5.82 Å². The third-order valence-corrected chi connectivity index (χ3v) is 3.55. The first-order valence-electron chi connectivity index (χ1n) is 5.52. The summed E-state index contributed by atoms with van der Waals surface area (Å²) in [5, 5.41) is 3.52. The Morgan fingerprint density at radius 1 is 1.43 bits per heavy atom. The molecule has 0 aliphatic heterocycles. The predicted octanol–water partition coefficient (Wildman–Crippen LogP) is 2.65. The van der Waals surface area contributed by atoms with Gasteiger partial charge in [-0.15, -0.1) is 0 Å². The minimum Gasteiger partial charge on any atom is -0.367 e. The van der Waals surface area contributed by atoms with E-state index >= 15 is 0 Å². The van der Waals surface area contributed by atoms with E-state index in [1.165, 1.54) is 19.3 Å². The molecule has 1 aromatic heterocycles. The Kier molecular flexibility index (Phi) is 2.75. The van der Waals surface area contributed by atoms with Gasteiger partial charge >= 0.3 is 0 Å². The first-order chi connectivity index (χ1) is 6.77. The van der Waals surface area contributed by atoms with Crippen LogP contribution in [0, 0.1) is 11.8 Å². The highest BCUT2D eigenvalue weighted by atomic mass is 15.1. The maximum Gasteiger partial charge on any atom is 0.123 e. The first kappa shape index (κ1) is 9.56. The zero-order valence-electron chi connectivity index (χ0n) is 8.96. The van der Waals surface area contributed by atoms with E-state index in [9.17, 15) is 0 Å². The number of H-pyrrole nitrogens is 1. The number of aromatic nitrogens is 2. The van der Waals surface area contributed by atoms with Crippen molar-refractivity contribution in [1.29, 1.82) is 0 Å². The zero-order chi connectivity index (χ0) is 9.97. The normalized spacial score (nSPS) is 32.9. The van der Waals surface area contributed by atoms with Crippen LogP contribution in [0.25, 0.3) is 0 Å². The largest absolute Gasteiger partial charge is 0.367 e. The fourth-order valence-electron chi connectivity index (χ4n) is 2.32. The molecule has 2 N–H and O–H groups in total. The fourth-order valence-corrected chi connectivity index (χ4v) is 2.32. The Labute approximate surface area is 85.3 Å². The quantitative estimate of drug-likeness (QED) is 0.758. The Hall–Kier alpha value is -0.990. The monoisotopic (exact) mass is 193 g/mol. The van der Waals surface area contributed by atoms with E-state index in [0.29, 0.717) is 6.04 Å². The van der Waals surface area contributed by atoms with Crippen LogP contribution in [0.3, 0.4) is 0 Å². The molecular weight excluding hydrogens is 174 g/mol. The second kappa shape index (κ2) is 4.03. The Bertz CT molecular complexity index is 268. The van der Waals surface area contributed by atoms with Gasteiger partial charge in [-0.2, -0.15) is 0 Å².